The zero-order valence-corrected chi connectivity index (χ0v) is 18.2. The Morgan fingerprint density at radius 2 is 1.96 bits per heavy atom. The van der Waals surface area contributed by atoms with Crippen molar-refractivity contribution in [2.45, 2.75) is 80.8 Å². The minimum Gasteiger partial charge on any atom is -0.388 e. The van der Waals surface area contributed by atoms with Crippen LogP contribution in [0.15, 0.2) is 0 Å². The third-order valence-corrected chi connectivity index (χ3v) is 7.17. The maximum absolute atomic E-state index is 13.0. The smallest absolute Gasteiger partial charge is 0.150 e. The average Bonchev–Trinajstić information content (AvgIpc) is 2.99. The Balaban J connectivity index is 2.09. The number of likely N-dealkylation sites (tertiary alicyclic amines) is 1. The van der Waals surface area contributed by atoms with Gasteiger partial charge in [0, 0.05) is 24.3 Å². The van der Waals surface area contributed by atoms with Gasteiger partial charge in [-0.3, -0.25) is 9.69 Å². The first-order chi connectivity index (χ1) is 12.7. The van der Waals surface area contributed by atoms with Crippen LogP contribution < -0.4 is 0 Å². The average molecular weight is 424 g/mol. The molecule has 0 radical (unpaired) electrons. The van der Waals surface area contributed by atoms with Crippen molar-refractivity contribution in [3.8, 4) is 0 Å². The molecule has 0 spiro atoms. The summed E-state index contributed by atoms with van der Waals surface area (Å²) in [6, 6.07) is -0.132. The van der Waals surface area contributed by atoms with Gasteiger partial charge in [-0.25, -0.2) is 0 Å². The predicted octanol–water partition coefficient (Wildman–Crippen LogP) is 1.48. The zero-order chi connectivity index (χ0) is 20.3. The molecule has 1 unspecified atom stereocenters. The molecule has 0 amide bonds. The quantitative estimate of drug-likeness (QED) is 0.509. The molecular formula is C19H34ClNO5S. The van der Waals surface area contributed by atoms with E-state index < -0.39 is 41.1 Å². The molecule has 2 fully saturated rings. The fraction of sp³-hybridized carbons (Fsp3) is 0.947. The largest absolute Gasteiger partial charge is 0.388 e. The number of ether oxygens (including phenoxy) is 1. The van der Waals surface area contributed by atoms with E-state index >= 15 is 0 Å². The van der Waals surface area contributed by atoms with Gasteiger partial charge in [0.2, 0.25) is 0 Å². The number of likely N-dealkylation sites (N-methyl/N-ethyl adjacent to an activating group) is 1. The van der Waals surface area contributed by atoms with Crippen molar-refractivity contribution in [1.29, 1.82) is 0 Å². The van der Waals surface area contributed by atoms with E-state index in [4.69, 9.17) is 16.3 Å². The fourth-order valence-electron chi connectivity index (χ4n) is 4.43. The maximum Gasteiger partial charge on any atom is 0.150 e. The van der Waals surface area contributed by atoms with Crippen LogP contribution >= 0.6 is 23.4 Å². The minimum absolute atomic E-state index is 0.103. The maximum atomic E-state index is 13.0. The molecule has 2 aliphatic rings. The fourth-order valence-corrected chi connectivity index (χ4v) is 5.34. The second-order valence-corrected chi connectivity index (χ2v) is 9.66. The van der Waals surface area contributed by atoms with Crippen molar-refractivity contribution in [1.82, 2.24) is 4.90 Å². The summed E-state index contributed by atoms with van der Waals surface area (Å²) in [5.41, 5.74) is -0.662. The van der Waals surface area contributed by atoms with E-state index in [0.29, 0.717) is 5.92 Å². The number of nitrogens with zero attached hydrogens (tertiary/aromatic N) is 1. The third kappa shape index (κ3) is 5.38. The van der Waals surface area contributed by atoms with Gasteiger partial charge in [0.15, 0.2) is 0 Å². The molecule has 2 aliphatic heterocycles. The molecule has 6 nitrogen and oxygen atoms in total. The Labute approximate surface area is 171 Å². The predicted molar refractivity (Wildman–Crippen MR) is 108 cm³/mol. The molecule has 0 aromatic rings. The highest BCUT2D eigenvalue weighted by Crippen LogP contribution is 2.36. The summed E-state index contributed by atoms with van der Waals surface area (Å²) >= 11 is 7.64. The number of alkyl halides is 1. The molecule has 0 aromatic heterocycles. The molecule has 8 heteroatoms. The van der Waals surface area contributed by atoms with E-state index in [0.717, 1.165) is 25.8 Å². The number of hydrogen-bond acceptors (Lipinski definition) is 7. The summed E-state index contributed by atoms with van der Waals surface area (Å²) < 4.78 is 5.86. The van der Waals surface area contributed by atoms with Gasteiger partial charge in [-0.15, -0.1) is 23.4 Å². The highest BCUT2D eigenvalue weighted by Gasteiger charge is 2.48. The molecule has 0 aliphatic carbocycles. The van der Waals surface area contributed by atoms with Crippen molar-refractivity contribution in [3.63, 3.8) is 0 Å². The monoisotopic (exact) mass is 423 g/mol. The van der Waals surface area contributed by atoms with Gasteiger partial charge in [0.1, 0.15) is 29.5 Å². The highest BCUT2D eigenvalue weighted by molar-refractivity contribution is 7.99. The molecule has 9 atom stereocenters. The highest BCUT2D eigenvalue weighted by atomic mass is 35.5. The summed E-state index contributed by atoms with van der Waals surface area (Å²) in [7, 11) is 1.98. The number of aliphatic hydroxyl groups is 3. The standard InChI is InChI=1S/C19H34ClNO5S/c1-5-6-11-7-13(21(3)9-11)14(22)8-12(10(2)20)18-16(24)15(23)17(25)19(26-18)27-4/h10-13,15-19,23-25H,5-9H2,1-4H3/t10?,11-,12-,13+,15+,16-,17-,18-,19-/m1/s1. The Bertz CT molecular complexity index is 495. The first-order valence-corrected chi connectivity index (χ1v) is 11.5. The van der Waals surface area contributed by atoms with Gasteiger partial charge >= 0.3 is 0 Å². The number of carbonyl (C=O) groups excluding carboxylic acids is 1. The minimum atomic E-state index is -1.32. The zero-order valence-electron chi connectivity index (χ0n) is 16.6. The molecule has 2 saturated heterocycles. The van der Waals surface area contributed by atoms with Crippen molar-refractivity contribution >= 4 is 29.1 Å². The summed E-state index contributed by atoms with van der Waals surface area (Å²) in [6.45, 7) is 4.86. The first-order valence-electron chi connectivity index (χ1n) is 9.80. The molecule has 3 N–H and O–H groups in total. The Morgan fingerprint density at radius 1 is 1.30 bits per heavy atom. The van der Waals surface area contributed by atoms with Crippen LogP contribution in [0.4, 0.5) is 0 Å². The summed E-state index contributed by atoms with van der Waals surface area (Å²) in [6.07, 6.45) is 0.459. The Hall–Kier alpha value is 0.110. The molecule has 27 heavy (non-hydrogen) atoms. The van der Waals surface area contributed by atoms with E-state index in [9.17, 15) is 20.1 Å². The van der Waals surface area contributed by atoms with Gasteiger partial charge in [0.25, 0.3) is 0 Å². The summed E-state index contributed by atoms with van der Waals surface area (Å²) in [5.74, 6) is 0.200. The lowest BCUT2D eigenvalue weighted by molar-refractivity contribution is -0.211. The molecule has 2 rings (SSSR count). The number of halogens is 1. The third-order valence-electron chi connectivity index (χ3n) is 5.99. The summed E-state index contributed by atoms with van der Waals surface area (Å²) in [4.78, 5) is 15.1. The van der Waals surface area contributed by atoms with Gasteiger partial charge in [-0.1, -0.05) is 13.3 Å². The molecule has 0 saturated carbocycles. The lowest BCUT2D eigenvalue weighted by Crippen LogP contribution is -2.59. The van der Waals surface area contributed by atoms with Gasteiger partial charge in [0.05, 0.1) is 12.1 Å². The van der Waals surface area contributed by atoms with Crippen LogP contribution in [0.3, 0.4) is 0 Å². The molecular weight excluding hydrogens is 390 g/mol. The SMILES string of the molecule is CCC[C@@H]1C[C@@H](C(=O)C[C@H](C(C)Cl)[C@H]2O[C@H](SC)[C@H](O)[C@@H](O)[C@H]2O)N(C)C1. The normalized spacial score (nSPS) is 40.1. The van der Waals surface area contributed by atoms with E-state index in [2.05, 4.69) is 11.8 Å². The van der Waals surface area contributed by atoms with E-state index in [-0.39, 0.29) is 18.2 Å². The first kappa shape index (κ1) is 23.4. The number of carbonyl (C=O) groups is 1. The second-order valence-electron chi connectivity index (χ2n) is 8.03. The number of thioether (sulfide) groups is 1. The van der Waals surface area contributed by atoms with E-state index in [1.54, 1.807) is 13.2 Å². The number of rotatable bonds is 8. The number of ketones is 1. The molecule has 158 valence electrons. The van der Waals surface area contributed by atoms with E-state index in [1.165, 1.54) is 11.8 Å². The van der Waals surface area contributed by atoms with Crippen molar-refractivity contribution in [3.05, 3.63) is 0 Å². The van der Waals surface area contributed by atoms with Crippen LogP contribution in [-0.2, 0) is 9.53 Å². The van der Waals surface area contributed by atoms with Gasteiger partial charge < -0.3 is 20.1 Å². The van der Waals surface area contributed by atoms with Crippen LogP contribution in [0.2, 0.25) is 0 Å². The van der Waals surface area contributed by atoms with Gasteiger partial charge in [-0.05, 0) is 39.0 Å². The van der Waals surface area contributed by atoms with Gasteiger partial charge in [-0.2, -0.15) is 0 Å². The summed E-state index contributed by atoms with van der Waals surface area (Å²) in [5, 5.41) is 30.3. The molecule has 0 aromatic carbocycles. The van der Waals surface area contributed by atoms with Crippen LogP contribution in [0.25, 0.3) is 0 Å². The van der Waals surface area contributed by atoms with Crippen molar-refractivity contribution in [2.75, 3.05) is 19.8 Å². The number of aliphatic hydroxyl groups excluding tert-OH is 3. The Morgan fingerprint density at radius 3 is 2.52 bits per heavy atom. The lowest BCUT2D eigenvalue weighted by atomic mass is 9.83. The lowest BCUT2D eigenvalue weighted by Gasteiger charge is -2.44. The number of Topliss-reactive ketones (excluding diaryl/α,β-unsaturated/α-hetero) is 1. The Kier molecular flexibility index (Phi) is 8.86. The second kappa shape index (κ2) is 10.2. The van der Waals surface area contributed by atoms with Crippen LogP contribution in [-0.4, -0.2) is 87.1 Å². The van der Waals surface area contributed by atoms with E-state index in [1.807, 2.05) is 7.05 Å². The van der Waals surface area contributed by atoms with Crippen molar-refractivity contribution < 1.29 is 24.9 Å². The van der Waals surface area contributed by atoms with Crippen molar-refractivity contribution in [2.24, 2.45) is 11.8 Å². The topological polar surface area (TPSA) is 90.2 Å². The van der Waals surface area contributed by atoms with Crippen LogP contribution in [0, 0.1) is 11.8 Å². The van der Waals surface area contributed by atoms with Crippen LogP contribution in [0.1, 0.15) is 39.5 Å². The van der Waals surface area contributed by atoms with Crippen LogP contribution in [0.5, 0.6) is 0 Å². The number of hydrogen-bond donors (Lipinski definition) is 3. The molecule has 0 bridgehead atoms. The molecule has 2 heterocycles.